The standard InChI is InChI=1S/C19H19N3O/c1-3-6-15(20)18-13-10-9-12(2)11-16(13)21-19(22-18)14-7-4-5-8-17(14)23/h4-5,7-11,20,23H,3,6H2,1-2H3. The highest BCUT2D eigenvalue weighted by molar-refractivity contribution is 6.07. The van der Waals surface area contributed by atoms with Crippen molar-refractivity contribution >= 4 is 16.6 Å². The maximum absolute atomic E-state index is 10.1. The average Bonchev–Trinajstić information content (AvgIpc) is 2.54. The molecule has 0 bridgehead atoms. The summed E-state index contributed by atoms with van der Waals surface area (Å²) < 4.78 is 0. The molecule has 0 saturated carbocycles. The van der Waals surface area contributed by atoms with E-state index in [1.807, 2.05) is 38.1 Å². The lowest BCUT2D eigenvalue weighted by Gasteiger charge is -2.11. The quantitative estimate of drug-likeness (QED) is 0.698. The molecule has 0 aliphatic carbocycles. The minimum absolute atomic E-state index is 0.146. The molecule has 2 aromatic carbocycles. The van der Waals surface area contributed by atoms with E-state index in [9.17, 15) is 5.11 Å². The fraction of sp³-hybridized carbons (Fsp3) is 0.211. The van der Waals surface area contributed by atoms with Gasteiger partial charge in [-0.2, -0.15) is 0 Å². The van der Waals surface area contributed by atoms with Crippen molar-refractivity contribution in [3.05, 3.63) is 53.7 Å². The fourth-order valence-corrected chi connectivity index (χ4v) is 2.62. The van der Waals surface area contributed by atoms with Crippen LogP contribution in [-0.4, -0.2) is 20.8 Å². The lowest BCUT2D eigenvalue weighted by atomic mass is 10.0. The molecule has 0 unspecified atom stereocenters. The Hall–Kier alpha value is -2.75. The molecule has 4 nitrogen and oxygen atoms in total. The van der Waals surface area contributed by atoms with Gasteiger partial charge in [0.15, 0.2) is 5.82 Å². The monoisotopic (exact) mass is 305 g/mol. The molecule has 0 saturated heterocycles. The van der Waals surface area contributed by atoms with Gasteiger partial charge in [0.05, 0.1) is 22.5 Å². The number of para-hydroxylation sites is 1. The van der Waals surface area contributed by atoms with Crippen molar-refractivity contribution in [2.75, 3.05) is 0 Å². The van der Waals surface area contributed by atoms with Crippen molar-refractivity contribution in [2.24, 2.45) is 0 Å². The van der Waals surface area contributed by atoms with E-state index < -0.39 is 0 Å². The largest absolute Gasteiger partial charge is 0.507 e. The van der Waals surface area contributed by atoms with Crippen LogP contribution in [0.4, 0.5) is 0 Å². The maximum atomic E-state index is 10.1. The molecule has 0 amide bonds. The first-order valence-corrected chi connectivity index (χ1v) is 7.74. The van der Waals surface area contributed by atoms with Gasteiger partial charge in [0.25, 0.3) is 0 Å². The molecular formula is C19H19N3O. The normalized spacial score (nSPS) is 10.9. The zero-order valence-electron chi connectivity index (χ0n) is 13.3. The first-order valence-electron chi connectivity index (χ1n) is 7.74. The van der Waals surface area contributed by atoms with Gasteiger partial charge in [-0.1, -0.05) is 37.6 Å². The van der Waals surface area contributed by atoms with E-state index in [1.54, 1.807) is 18.2 Å². The summed E-state index contributed by atoms with van der Waals surface area (Å²) in [5, 5.41) is 19.3. The summed E-state index contributed by atoms with van der Waals surface area (Å²) in [6.07, 6.45) is 1.56. The van der Waals surface area contributed by atoms with E-state index in [0.29, 0.717) is 29.2 Å². The summed E-state index contributed by atoms with van der Waals surface area (Å²) in [6.45, 7) is 4.06. The van der Waals surface area contributed by atoms with Gasteiger partial charge in [-0.3, -0.25) is 0 Å². The van der Waals surface area contributed by atoms with E-state index in [-0.39, 0.29) is 5.75 Å². The third kappa shape index (κ3) is 2.93. The van der Waals surface area contributed by atoms with Gasteiger partial charge in [0, 0.05) is 5.39 Å². The van der Waals surface area contributed by atoms with Crippen LogP contribution in [-0.2, 0) is 0 Å². The molecule has 0 aliphatic rings. The minimum Gasteiger partial charge on any atom is -0.507 e. The van der Waals surface area contributed by atoms with E-state index in [4.69, 9.17) is 5.41 Å². The van der Waals surface area contributed by atoms with Crippen LogP contribution in [0.2, 0.25) is 0 Å². The van der Waals surface area contributed by atoms with Crippen molar-refractivity contribution in [3.63, 3.8) is 0 Å². The molecule has 3 rings (SSSR count). The van der Waals surface area contributed by atoms with Crippen LogP contribution < -0.4 is 0 Å². The predicted molar refractivity (Wildman–Crippen MR) is 93.1 cm³/mol. The van der Waals surface area contributed by atoms with Gasteiger partial charge in [0.1, 0.15) is 5.75 Å². The second kappa shape index (κ2) is 6.16. The van der Waals surface area contributed by atoms with Gasteiger partial charge in [-0.25, -0.2) is 9.97 Å². The third-order valence-corrected chi connectivity index (χ3v) is 3.78. The molecule has 4 heteroatoms. The number of aromatic hydroxyl groups is 1. The van der Waals surface area contributed by atoms with Crippen molar-refractivity contribution in [1.82, 2.24) is 9.97 Å². The highest BCUT2D eigenvalue weighted by Crippen LogP contribution is 2.29. The first kappa shape index (κ1) is 15.2. The number of rotatable bonds is 4. The van der Waals surface area contributed by atoms with E-state index in [0.717, 1.165) is 22.9 Å². The van der Waals surface area contributed by atoms with E-state index >= 15 is 0 Å². The van der Waals surface area contributed by atoms with Gasteiger partial charge >= 0.3 is 0 Å². The SMILES string of the molecule is CCCC(=N)c1nc(-c2ccccc2O)nc2cc(C)ccc12. The smallest absolute Gasteiger partial charge is 0.164 e. The van der Waals surface area contributed by atoms with Crippen LogP contribution in [0.3, 0.4) is 0 Å². The van der Waals surface area contributed by atoms with Crippen LogP contribution in [0.25, 0.3) is 22.3 Å². The number of hydrogen-bond acceptors (Lipinski definition) is 4. The average molecular weight is 305 g/mol. The van der Waals surface area contributed by atoms with Crippen molar-refractivity contribution in [3.8, 4) is 17.1 Å². The molecule has 1 heterocycles. The number of nitrogens with one attached hydrogen (secondary N) is 1. The molecule has 0 aliphatic heterocycles. The maximum Gasteiger partial charge on any atom is 0.164 e. The summed E-state index contributed by atoms with van der Waals surface area (Å²) >= 11 is 0. The molecule has 0 radical (unpaired) electrons. The summed E-state index contributed by atoms with van der Waals surface area (Å²) in [5.74, 6) is 0.601. The lowest BCUT2D eigenvalue weighted by Crippen LogP contribution is -2.06. The highest BCUT2D eigenvalue weighted by Gasteiger charge is 2.14. The van der Waals surface area contributed by atoms with E-state index in [1.165, 1.54) is 0 Å². The second-order valence-electron chi connectivity index (χ2n) is 5.66. The Kier molecular flexibility index (Phi) is 4.06. The molecule has 3 aromatic rings. The van der Waals surface area contributed by atoms with Crippen LogP contribution >= 0.6 is 0 Å². The van der Waals surface area contributed by atoms with Gasteiger partial charge in [-0.05, 0) is 37.1 Å². The molecule has 0 spiro atoms. The second-order valence-corrected chi connectivity index (χ2v) is 5.66. The van der Waals surface area contributed by atoms with Crippen molar-refractivity contribution < 1.29 is 5.11 Å². The molecule has 0 fully saturated rings. The third-order valence-electron chi connectivity index (χ3n) is 3.78. The number of nitrogens with zero attached hydrogens (tertiary/aromatic N) is 2. The molecular weight excluding hydrogens is 286 g/mol. The first-order chi connectivity index (χ1) is 11.1. The highest BCUT2D eigenvalue weighted by atomic mass is 16.3. The van der Waals surface area contributed by atoms with Gasteiger partial charge in [0.2, 0.25) is 0 Å². The number of phenolic OH excluding ortho intramolecular Hbond substituents is 1. The number of fused-ring (bicyclic) bond motifs is 1. The number of phenols is 1. The Morgan fingerprint density at radius 2 is 1.91 bits per heavy atom. The van der Waals surface area contributed by atoms with Crippen LogP contribution in [0, 0.1) is 12.3 Å². The summed E-state index contributed by atoms with van der Waals surface area (Å²) in [4.78, 5) is 9.19. The molecule has 1 aromatic heterocycles. The Labute approximate surface area is 135 Å². The Morgan fingerprint density at radius 3 is 2.65 bits per heavy atom. The zero-order chi connectivity index (χ0) is 16.4. The predicted octanol–water partition coefficient (Wildman–Crippen LogP) is 4.48. The van der Waals surface area contributed by atoms with Crippen molar-refractivity contribution in [1.29, 1.82) is 5.41 Å². The molecule has 116 valence electrons. The minimum atomic E-state index is 0.146. The summed E-state index contributed by atoms with van der Waals surface area (Å²) in [6, 6.07) is 13.0. The zero-order valence-corrected chi connectivity index (χ0v) is 13.3. The molecule has 2 N–H and O–H groups in total. The Bertz CT molecular complexity index is 887. The van der Waals surface area contributed by atoms with Gasteiger partial charge < -0.3 is 10.5 Å². The summed E-state index contributed by atoms with van der Waals surface area (Å²) in [5.41, 5.74) is 3.64. The Balaban J connectivity index is 2.28. The molecule has 23 heavy (non-hydrogen) atoms. The van der Waals surface area contributed by atoms with Crippen LogP contribution in [0.15, 0.2) is 42.5 Å². The lowest BCUT2D eigenvalue weighted by molar-refractivity contribution is 0.477. The topological polar surface area (TPSA) is 69.9 Å². The van der Waals surface area contributed by atoms with Crippen LogP contribution in [0.5, 0.6) is 5.75 Å². The summed E-state index contributed by atoms with van der Waals surface area (Å²) in [7, 11) is 0. The van der Waals surface area contributed by atoms with Crippen molar-refractivity contribution in [2.45, 2.75) is 26.7 Å². The number of aryl methyl sites for hydroxylation is 1. The fourth-order valence-electron chi connectivity index (χ4n) is 2.62. The molecule has 0 atom stereocenters. The number of hydrogen-bond donors (Lipinski definition) is 2. The van der Waals surface area contributed by atoms with Crippen LogP contribution in [0.1, 0.15) is 31.0 Å². The number of aromatic nitrogens is 2. The van der Waals surface area contributed by atoms with E-state index in [2.05, 4.69) is 9.97 Å². The Morgan fingerprint density at radius 1 is 1.13 bits per heavy atom. The van der Waals surface area contributed by atoms with Gasteiger partial charge in [-0.15, -0.1) is 0 Å². The number of benzene rings is 2.